The molecule has 3 aliphatic carbocycles. The monoisotopic (exact) mass is 248 g/mol. The predicted molar refractivity (Wildman–Crippen MR) is 74.6 cm³/mol. The largest absolute Gasteiger partial charge is 0.316 e. The first-order chi connectivity index (χ1) is 8.90. The van der Waals surface area contributed by atoms with Gasteiger partial charge in [-0.2, -0.15) is 0 Å². The molecule has 102 valence electrons. The second-order valence-electron chi connectivity index (χ2n) is 7.38. The zero-order chi connectivity index (χ0) is 11.9. The second kappa shape index (κ2) is 4.79. The first-order valence-corrected chi connectivity index (χ1v) is 8.36. The van der Waals surface area contributed by atoms with Crippen molar-refractivity contribution >= 4 is 0 Å². The molecule has 1 N–H and O–H groups in total. The van der Waals surface area contributed by atoms with Gasteiger partial charge in [-0.25, -0.2) is 0 Å². The van der Waals surface area contributed by atoms with Crippen molar-refractivity contribution < 1.29 is 0 Å². The van der Waals surface area contributed by atoms with Crippen LogP contribution in [0.5, 0.6) is 0 Å². The van der Waals surface area contributed by atoms with Gasteiger partial charge in [-0.15, -0.1) is 0 Å². The Balaban J connectivity index is 1.41. The normalized spacial score (nSPS) is 43.8. The third kappa shape index (κ3) is 2.22. The molecule has 4 aliphatic rings. The SMILES string of the molecule is C1CNCC(CN(C2CC2)C2CC3CCC2C3)C1. The maximum absolute atomic E-state index is 3.60. The molecule has 4 rings (SSSR count). The Hall–Kier alpha value is -0.0800. The topological polar surface area (TPSA) is 15.3 Å². The number of rotatable bonds is 4. The van der Waals surface area contributed by atoms with Gasteiger partial charge < -0.3 is 5.32 Å². The number of hydrogen-bond acceptors (Lipinski definition) is 2. The Morgan fingerprint density at radius 3 is 2.56 bits per heavy atom. The molecule has 0 radical (unpaired) electrons. The van der Waals surface area contributed by atoms with Gasteiger partial charge in [0.15, 0.2) is 0 Å². The number of fused-ring (bicyclic) bond motifs is 2. The fraction of sp³-hybridized carbons (Fsp3) is 1.00. The lowest BCUT2D eigenvalue weighted by atomic mass is 9.91. The summed E-state index contributed by atoms with van der Waals surface area (Å²) >= 11 is 0. The molecule has 0 aromatic rings. The summed E-state index contributed by atoms with van der Waals surface area (Å²) in [7, 11) is 0. The molecule has 0 spiro atoms. The van der Waals surface area contributed by atoms with E-state index in [1.807, 2.05) is 0 Å². The summed E-state index contributed by atoms with van der Waals surface area (Å²) in [4.78, 5) is 2.97. The number of nitrogens with one attached hydrogen (secondary N) is 1. The number of nitrogens with zero attached hydrogens (tertiary/aromatic N) is 1. The molecule has 1 saturated heterocycles. The molecule has 0 amide bonds. The summed E-state index contributed by atoms with van der Waals surface area (Å²) in [6, 6.07) is 1.97. The highest BCUT2D eigenvalue weighted by Crippen LogP contribution is 2.49. The summed E-state index contributed by atoms with van der Waals surface area (Å²) < 4.78 is 0. The lowest BCUT2D eigenvalue weighted by molar-refractivity contribution is 0.105. The van der Waals surface area contributed by atoms with E-state index in [0.29, 0.717) is 0 Å². The highest BCUT2D eigenvalue weighted by Gasteiger charge is 2.46. The molecule has 2 nitrogen and oxygen atoms in total. The minimum atomic E-state index is 0.943. The highest BCUT2D eigenvalue weighted by atomic mass is 15.2. The summed E-state index contributed by atoms with van der Waals surface area (Å²) in [5.41, 5.74) is 0. The van der Waals surface area contributed by atoms with Crippen LogP contribution >= 0.6 is 0 Å². The van der Waals surface area contributed by atoms with Gasteiger partial charge in [0.25, 0.3) is 0 Å². The van der Waals surface area contributed by atoms with Crippen LogP contribution in [-0.4, -0.2) is 36.6 Å². The Labute approximate surface area is 111 Å². The summed E-state index contributed by atoms with van der Waals surface area (Å²) in [6.45, 7) is 3.95. The molecule has 4 atom stereocenters. The van der Waals surface area contributed by atoms with Gasteiger partial charge in [-0.05, 0) is 75.8 Å². The molecule has 0 aromatic carbocycles. The molecule has 1 heterocycles. The van der Waals surface area contributed by atoms with E-state index < -0.39 is 0 Å². The predicted octanol–water partition coefficient (Wildman–Crippen LogP) is 2.64. The lowest BCUT2D eigenvalue weighted by Crippen LogP contribution is -2.46. The molecule has 4 fully saturated rings. The van der Waals surface area contributed by atoms with Crippen molar-refractivity contribution in [3.8, 4) is 0 Å². The summed E-state index contributed by atoms with van der Waals surface area (Å²) in [5, 5.41) is 3.60. The maximum atomic E-state index is 3.60. The molecule has 2 heteroatoms. The van der Waals surface area contributed by atoms with Crippen LogP contribution in [-0.2, 0) is 0 Å². The molecule has 1 aliphatic heterocycles. The van der Waals surface area contributed by atoms with Crippen molar-refractivity contribution in [2.75, 3.05) is 19.6 Å². The van der Waals surface area contributed by atoms with E-state index in [0.717, 1.165) is 29.8 Å². The van der Waals surface area contributed by atoms with Crippen LogP contribution in [0.25, 0.3) is 0 Å². The van der Waals surface area contributed by atoms with E-state index in [9.17, 15) is 0 Å². The lowest BCUT2D eigenvalue weighted by Gasteiger charge is -2.38. The van der Waals surface area contributed by atoms with E-state index in [1.165, 1.54) is 45.3 Å². The minimum absolute atomic E-state index is 0.943. The van der Waals surface area contributed by atoms with Crippen LogP contribution in [0.2, 0.25) is 0 Å². The fourth-order valence-electron chi connectivity index (χ4n) is 4.96. The van der Waals surface area contributed by atoms with Gasteiger partial charge in [0.2, 0.25) is 0 Å². The number of hydrogen-bond donors (Lipinski definition) is 1. The standard InChI is InChI=1S/C16H28N2/c1-2-13(10-17-7-1)11-18(15-5-6-15)16-9-12-3-4-14(16)8-12/h12-17H,1-11H2. The molecule has 2 bridgehead atoms. The van der Waals surface area contributed by atoms with Crippen molar-refractivity contribution in [1.29, 1.82) is 0 Å². The smallest absolute Gasteiger partial charge is 0.0129 e. The molecular weight excluding hydrogens is 220 g/mol. The molecule has 0 aromatic heterocycles. The Morgan fingerprint density at radius 2 is 1.94 bits per heavy atom. The van der Waals surface area contributed by atoms with Crippen LogP contribution in [0, 0.1) is 17.8 Å². The van der Waals surface area contributed by atoms with Crippen LogP contribution < -0.4 is 5.32 Å². The van der Waals surface area contributed by atoms with Crippen LogP contribution in [0.15, 0.2) is 0 Å². The van der Waals surface area contributed by atoms with Gasteiger partial charge in [0.05, 0.1) is 0 Å². The quantitative estimate of drug-likeness (QED) is 0.823. The highest BCUT2D eigenvalue weighted by molar-refractivity contribution is 5.00. The Kier molecular flexibility index (Phi) is 3.12. The van der Waals surface area contributed by atoms with Crippen LogP contribution in [0.3, 0.4) is 0 Å². The third-order valence-electron chi connectivity index (χ3n) is 6.01. The summed E-state index contributed by atoms with van der Waals surface area (Å²) in [5.74, 6) is 3.12. The van der Waals surface area contributed by atoms with Crippen molar-refractivity contribution in [3.63, 3.8) is 0 Å². The fourth-order valence-corrected chi connectivity index (χ4v) is 4.96. The summed E-state index contributed by atoms with van der Waals surface area (Å²) in [6.07, 6.45) is 12.1. The first-order valence-electron chi connectivity index (χ1n) is 8.36. The first kappa shape index (κ1) is 11.7. The molecule has 3 saturated carbocycles. The molecule has 4 unspecified atom stereocenters. The zero-order valence-corrected chi connectivity index (χ0v) is 11.6. The number of piperidine rings is 1. The average Bonchev–Trinajstić information content (AvgIpc) is 3.04. The van der Waals surface area contributed by atoms with Gasteiger partial charge in [0, 0.05) is 18.6 Å². The van der Waals surface area contributed by atoms with E-state index in [-0.39, 0.29) is 0 Å². The molecular formula is C16H28N2. The minimum Gasteiger partial charge on any atom is -0.316 e. The Morgan fingerprint density at radius 1 is 1.00 bits per heavy atom. The van der Waals surface area contributed by atoms with Gasteiger partial charge in [-0.1, -0.05) is 6.42 Å². The third-order valence-corrected chi connectivity index (χ3v) is 6.01. The van der Waals surface area contributed by atoms with E-state index >= 15 is 0 Å². The second-order valence-corrected chi connectivity index (χ2v) is 7.38. The average molecular weight is 248 g/mol. The van der Waals surface area contributed by atoms with E-state index in [1.54, 1.807) is 25.7 Å². The Bertz CT molecular complexity index is 293. The zero-order valence-electron chi connectivity index (χ0n) is 11.6. The van der Waals surface area contributed by atoms with Gasteiger partial charge in [0.1, 0.15) is 0 Å². The van der Waals surface area contributed by atoms with Crippen molar-refractivity contribution in [1.82, 2.24) is 10.2 Å². The van der Waals surface area contributed by atoms with Gasteiger partial charge >= 0.3 is 0 Å². The van der Waals surface area contributed by atoms with Crippen LogP contribution in [0.4, 0.5) is 0 Å². The van der Waals surface area contributed by atoms with Crippen molar-refractivity contribution in [3.05, 3.63) is 0 Å². The van der Waals surface area contributed by atoms with Crippen molar-refractivity contribution in [2.45, 2.75) is 63.5 Å². The van der Waals surface area contributed by atoms with Gasteiger partial charge in [-0.3, -0.25) is 4.90 Å². The van der Waals surface area contributed by atoms with Crippen LogP contribution in [0.1, 0.15) is 51.4 Å². The maximum Gasteiger partial charge on any atom is 0.0129 e. The molecule has 18 heavy (non-hydrogen) atoms. The van der Waals surface area contributed by atoms with E-state index in [2.05, 4.69) is 10.2 Å². The van der Waals surface area contributed by atoms with Crippen molar-refractivity contribution in [2.24, 2.45) is 17.8 Å². The van der Waals surface area contributed by atoms with E-state index in [4.69, 9.17) is 0 Å².